The summed E-state index contributed by atoms with van der Waals surface area (Å²) >= 11 is 1.13. The highest BCUT2D eigenvalue weighted by atomic mass is 32.1. The Kier molecular flexibility index (Phi) is 5.58. The number of ether oxygens (including phenoxy) is 1. The van der Waals surface area contributed by atoms with Crippen LogP contribution in [0.5, 0.6) is 10.9 Å². The van der Waals surface area contributed by atoms with Crippen LogP contribution in [0.1, 0.15) is 35.6 Å². The molecule has 1 N–H and O–H groups in total. The summed E-state index contributed by atoms with van der Waals surface area (Å²) in [5, 5.41) is 3.23. The second-order valence-electron chi connectivity index (χ2n) is 6.04. The molecule has 1 amide bonds. The van der Waals surface area contributed by atoms with E-state index in [1.807, 2.05) is 13.8 Å². The van der Waals surface area contributed by atoms with Crippen LogP contribution in [0.3, 0.4) is 0 Å². The molecule has 0 aliphatic carbocycles. The Bertz CT molecular complexity index is 894. The number of nitrogens with zero attached hydrogens (tertiary/aromatic N) is 2. The van der Waals surface area contributed by atoms with E-state index in [4.69, 9.17) is 4.74 Å². The fourth-order valence-electron chi connectivity index (χ4n) is 2.28. The molecule has 3 rings (SSSR count). The minimum atomic E-state index is -0.273. The summed E-state index contributed by atoms with van der Waals surface area (Å²) in [7, 11) is 0. The summed E-state index contributed by atoms with van der Waals surface area (Å²) in [4.78, 5) is 16.4. The molecule has 134 valence electrons. The van der Waals surface area contributed by atoms with Crippen molar-refractivity contribution in [3.8, 4) is 10.9 Å². The Morgan fingerprint density at radius 1 is 1.23 bits per heavy atom. The van der Waals surface area contributed by atoms with Crippen molar-refractivity contribution in [2.45, 2.75) is 26.3 Å². The first kappa shape index (κ1) is 18.0. The third kappa shape index (κ3) is 4.86. The molecule has 0 atom stereocenters. The van der Waals surface area contributed by atoms with Crippen molar-refractivity contribution in [2.24, 2.45) is 0 Å². The van der Waals surface area contributed by atoms with Crippen LogP contribution in [-0.4, -0.2) is 21.3 Å². The number of nitrogens with one attached hydrogen (secondary N) is 1. The number of rotatable bonds is 6. The summed E-state index contributed by atoms with van der Waals surface area (Å²) < 4.78 is 22.9. The molecule has 0 spiro atoms. The van der Waals surface area contributed by atoms with Gasteiger partial charge in [-0.2, -0.15) is 9.36 Å². The van der Waals surface area contributed by atoms with Crippen molar-refractivity contribution in [3.63, 3.8) is 0 Å². The zero-order valence-electron chi connectivity index (χ0n) is 14.4. The van der Waals surface area contributed by atoms with E-state index in [0.29, 0.717) is 28.8 Å². The summed E-state index contributed by atoms with van der Waals surface area (Å²) in [6.07, 6.45) is 0.497. The molecule has 0 saturated carbocycles. The number of halogens is 1. The van der Waals surface area contributed by atoms with Crippen molar-refractivity contribution in [1.82, 2.24) is 14.7 Å². The zero-order chi connectivity index (χ0) is 18.5. The molecule has 7 heteroatoms. The molecule has 0 unspecified atom stereocenters. The van der Waals surface area contributed by atoms with Crippen LogP contribution in [0.25, 0.3) is 0 Å². The van der Waals surface area contributed by atoms with E-state index in [0.717, 1.165) is 17.1 Å². The SMILES string of the molecule is CC(C)NC(=O)c1cccc(Oc2nc(Cc3ccc(F)cc3)ns2)c1. The van der Waals surface area contributed by atoms with E-state index < -0.39 is 0 Å². The molecule has 0 bridgehead atoms. The highest BCUT2D eigenvalue weighted by molar-refractivity contribution is 7.07. The second kappa shape index (κ2) is 8.05. The lowest BCUT2D eigenvalue weighted by molar-refractivity contribution is 0.0943. The molecule has 0 aliphatic rings. The number of aromatic nitrogens is 2. The van der Waals surface area contributed by atoms with Gasteiger partial charge >= 0.3 is 0 Å². The van der Waals surface area contributed by atoms with Gasteiger partial charge in [0.1, 0.15) is 11.6 Å². The molecule has 5 nitrogen and oxygen atoms in total. The lowest BCUT2D eigenvalue weighted by Crippen LogP contribution is -2.29. The number of carbonyl (C=O) groups excluding carboxylic acids is 1. The van der Waals surface area contributed by atoms with Gasteiger partial charge in [-0.05, 0) is 49.7 Å². The zero-order valence-corrected chi connectivity index (χ0v) is 15.2. The van der Waals surface area contributed by atoms with E-state index in [1.54, 1.807) is 36.4 Å². The number of hydrogen-bond acceptors (Lipinski definition) is 5. The van der Waals surface area contributed by atoms with E-state index in [9.17, 15) is 9.18 Å². The van der Waals surface area contributed by atoms with Gasteiger partial charge < -0.3 is 10.1 Å². The maximum Gasteiger partial charge on any atom is 0.298 e. The molecule has 3 aromatic rings. The minimum Gasteiger partial charge on any atom is -0.430 e. The van der Waals surface area contributed by atoms with Gasteiger partial charge in [0, 0.05) is 29.6 Å². The maximum atomic E-state index is 13.0. The summed E-state index contributed by atoms with van der Waals surface area (Å²) in [6, 6.07) is 13.2. The number of benzene rings is 2. The molecule has 1 heterocycles. The fraction of sp³-hybridized carbons (Fsp3) is 0.211. The van der Waals surface area contributed by atoms with E-state index in [1.165, 1.54) is 12.1 Å². The van der Waals surface area contributed by atoms with Gasteiger partial charge in [-0.15, -0.1) is 0 Å². The quantitative estimate of drug-likeness (QED) is 0.705. The fourth-order valence-corrected chi connectivity index (χ4v) is 2.85. The van der Waals surface area contributed by atoms with Crippen molar-refractivity contribution in [3.05, 3.63) is 71.3 Å². The Labute approximate surface area is 155 Å². The standard InChI is InChI=1S/C19H18FN3O2S/c1-12(2)21-18(24)14-4-3-5-16(11-14)25-19-22-17(23-26-19)10-13-6-8-15(20)9-7-13/h3-9,11-12H,10H2,1-2H3,(H,21,24). The lowest BCUT2D eigenvalue weighted by Gasteiger charge is -2.09. The predicted octanol–water partition coefficient (Wildman–Crippen LogP) is 4.20. The average Bonchev–Trinajstić information content (AvgIpc) is 3.03. The Balaban J connectivity index is 1.67. The number of carbonyl (C=O) groups is 1. The van der Waals surface area contributed by atoms with Gasteiger partial charge in [-0.25, -0.2) is 4.39 Å². The first-order valence-corrected chi connectivity index (χ1v) is 8.93. The number of hydrogen-bond donors (Lipinski definition) is 1. The molecule has 1 aromatic heterocycles. The van der Waals surface area contributed by atoms with Crippen LogP contribution in [0.15, 0.2) is 48.5 Å². The normalized spacial score (nSPS) is 10.8. The first-order valence-electron chi connectivity index (χ1n) is 8.15. The summed E-state index contributed by atoms with van der Waals surface area (Å²) in [6.45, 7) is 3.81. The van der Waals surface area contributed by atoms with Crippen molar-refractivity contribution in [1.29, 1.82) is 0 Å². The highest BCUT2D eigenvalue weighted by Crippen LogP contribution is 2.24. The molecule has 26 heavy (non-hydrogen) atoms. The van der Waals surface area contributed by atoms with Gasteiger partial charge in [0.2, 0.25) is 0 Å². The largest absolute Gasteiger partial charge is 0.430 e. The van der Waals surface area contributed by atoms with E-state index in [-0.39, 0.29) is 17.8 Å². The van der Waals surface area contributed by atoms with Gasteiger partial charge in [0.05, 0.1) is 0 Å². The molecule has 0 saturated heterocycles. The van der Waals surface area contributed by atoms with Crippen LogP contribution >= 0.6 is 11.5 Å². The van der Waals surface area contributed by atoms with Crippen molar-refractivity contribution < 1.29 is 13.9 Å². The monoisotopic (exact) mass is 371 g/mol. The minimum absolute atomic E-state index is 0.0595. The van der Waals surface area contributed by atoms with E-state index >= 15 is 0 Å². The van der Waals surface area contributed by atoms with Crippen molar-refractivity contribution in [2.75, 3.05) is 0 Å². The molecule has 0 radical (unpaired) electrons. The van der Waals surface area contributed by atoms with Crippen LogP contribution < -0.4 is 10.1 Å². The molecule has 0 fully saturated rings. The van der Waals surface area contributed by atoms with Gasteiger partial charge in [-0.3, -0.25) is 4.79 Å². The Hall–Kier alpha value is -2.80. The van der Waals surface area contributed by atoms with Crippen LogP contribution in [0, 0.1) is 5.82 Å². The molecular formula is C19H18FN3O2S. The van der Waals surface area contributed by atoms with Gasteiger partial charge in [-0.1, -0.05) is 18.2 Å². The third-order valence-corrected chi connectivity index (χ3v) is 4.08. The van der Waals surface area contributed by atoms with Gasteiger partial charge in [0.25, 0.3) is 11.1 Å². The maximum absolute atomic E-state index is 13.0. The topological polar surface area (TPSA) is 64.1 Å². The highest BCUT2D eigenvalue weighted by Gasteiger charge is 2.11. The van der Waals surface area contributed by atoms with Crippen LogP contribution in [-0.2, 0) is 6.42 Å². The van der Waals surface area contributed by atoms with E-state index in [2.05, 4.69) is 14.7 Å². The van der Waals surface area contributed by atoms with Gasteiger partial charge in [0.15, 0.2) is 5.82 Å². The third-order valence-electron chi connectivity index (χ3n) is 3.45. The van der Waals surface area contributed by atoms with Crippen LogP contribution in [0.4, 0.5) is 4.39 Å². The lowest BCUT2D eigenvalue weighted by atomic mass is 10.1. The smallest absolute Gasteiger partial charge is 0.298 e. The second-order valence-corrected chi connectivity index (χ2v) is 6.75. The first-order chi connectivity index (χ1) is 12.5. The molecule has 2 aromatic carbocycles. The number of amides is 1. The predicted molar refractivity (Wildman–Crippen MR) is 98.2 cm³/mol. The average molecular weight is 371 g/mol. The van der Waals surface area contributed by atoms with Crippen molar-refractivity contribution >= 4 is 17.4 Å². The van der Waals surface area contributed by atoms with Crippen LogP contribution in [0.2, 0.25) is 0 Å². The molecule has 0 aliphatic heterocycles. The Morgan fingerprint density at radius 3 is 2.73 bits per heavy atom. The Morgan fingerprint density at radius 2 is 2.00 bits per heavy atom. The molecular weight excluding hydrogens is 353 g/mol. The summed E-state index contributed by atoms with van der Waals surface area (Å²) in [5.74, 6) is 0.696. The summed E-state index contributed by atoms with van der Waals surface area (Å²) in [5.41, 5.74) is 1.44.